The normalized spacial score (nSPS) is 10.6. The predicted octanol–water partition coefficient (Wildman–Crippen LogP) is 1.80. The molecule has 0 atom stereocenters. The van der Waals surface area contributed by atoms with Crippen molar-refractivity contribution in [3.8, 4) is 11.5 Å². The quantitative estimate of drug-likeness (QED) is 0.662. The van der Waals surface area contributed by atoms with E-state index in [2.05, 4.69) is 5.32 Å². The molecule has 0 aliphatic carbocycles. The van der Waals surface area contributed by atoms with Crippen LogP contribution in [0.25, 0.3) is 11.1 Å². The molecule has 0 spiro atoms. The van der Waals surface area contributed by atoms with Crippen LogP contribution in [0.1, 0.15) is 0 Å². The third kappa shape index (κ3) is 4.00. The Labute approximate surface area is 143 Å². The van der Waals surface area contributed by atoms with Crippen LogP contribution in [-0.4, -0.2) is 30.7 Å². The Hall–Kier alpha value is -3.22. The van der Waals surface area contributed by atoms with Gasteiger partial charge in [-0.1, -0.05) is 18.2 Å². The van der Waals surface area contributed by atoms with E-state index in [1.807, 2.05) is 18.2 Å². The molecule has 130 valence electrons. The first-order chi connectivity index (χ1) is 12.2. The lowest BCUT2D eigenvalue weighted by Crippen LogP contribution is -2.33. The van der Waals surface area contributed by atoms with E-state index in [1.165, 1.54) is 4.57 Å². The number of rotatable bonds is 7. The number of ether oxygens (including phenoxy) is 2. The maximum atomic E-state index is 12.0. The van der Waals surface area contributed by atoms with Crippen LogP contribution in [0, 0.1) is 0 Å². The van der Waals surface area contributed by atoms with Crippen LogP contribution >= 0.6 is 0 Å². The highest BCUT2D eigenvalue weighted by molar-refractivity contribution is 5.79. The van der Waals surface area contributed by atoms with Gasteiger partial charge >= 0.3 is 5.76 Å². The van der Waals surface area contributed by atoms with Gasteiger partial charge in [-0.15, -0.1) is 0 Å². The number of para-hydroxylation sites is 2. The number of carbonyl (C=O) groups excluding carboxylic acids is 1. The van der Waals surface area contributed by atoms with Gasteiger partial charge < -0.3 is 19.2 Å². The second-order valence-electron chi connectivity index (χ2n) is 5.30. The lowest BCUT2D eigenvalue weighted by atomic mass is 10.3. The van der Waals surface area contributed by atoms with Gasteiger partial charge in [0, 0.05) is 6.07 Å². The number of benzene rings is 2. The molecular formula is C18H18N2O5. The zero-order chi connectivity index (χ0) is 17.6. The summed E-state index contributed by atoms with van der Waals surface area (Å²) in [6, 6.07) is 14.2. The third-order valence-corrected chi connectivity index (χ3v) is 3.61. The van der Waals surface area contributed by atoms with Crippen LogP contribution in [0.2, 0.25) is 0 Å². The topological polar surface area (TPSA) is 82.7 Å². The van der Waals surface area contributed by atoms with Gasteiger partial charge in [0.25, 0.3) is 0 Å². The minimum Gasteiger partial charge on any atom is -0.497 e. The maximum absolute atomic E-state index is 12.0. The van der Waals surface area contributed by atoms with E-state index in [4.69, 9.17) is 13.9 Å². The fourth-order valence-electron chi connectivity index (χ4n) is 2.41. The molecule has 1 aromatic heterocycles. The van der Waals surface area contributed by atoms with Crippen molar-refractivity contribution < 1.29 is 18.7 Å². The second kappa shape index (κ2) is 7.57. The Morgan fingerprint density at radius 1 is 1.16 bits per heavy atom. The number of nitrogens with one attached hydrogen (secondary N) is 1. The number of amides is 1. The molecule has 0 bridgehead atoms. The number of hydrogen-bond acceptors (Lipinski definition) is 5. The number of nitrogens with zero attached hydrogens (tertiary/aromatic N) is 1. The van der Waals surface area contributed by atoms with E-state index in [0.717, 1.165) is 0 Å². The average molecular weight is 342 g/mol. The molecule has 1 amide bonds. The van der Waals surface area contributed by atoms with E-state index >= 15 is 0 Å². The van der Waals surface area contributed by atoms with Gasteiger partial charge in [-0.2, -0.15) is 0 Å². The first kappa shape index (κ1) is 16.6. The van der Waals surface area contributed by atoms with Crippen molar-refractivity contribution in [3.05, 3.63) is 59.1 Å². The van der Waals surface area contributed by atoms with Crippen LogP contribution in [0.3, 0.4) is 0 Å². The molecule has 7 nitrogen and oxygen atoms in total. The highest BCUT2D eigenvalue weighted by atomic mass is 16.5. The van der Waals surface area contributed by atoms with Gasteiger partial charge in [0.2, 0.25) is 5.91 Å². The van der Waals surface area contributed by atoms with Crippen molar-refractivity contribution in [2.24, 2.45) is 0 Å². The van der Waals surface area contributed by atoms with Crippen LogP contribution in [0.4, 0.5) is 0 Å². The lowest BCUT2D eigenvalue weighted by molar-refractivity contribution is -0.121. The average Bonchev–Trinajstić information content (AvgIpc) is 2.94. The summed E-state index contributed by atoms with van der Waals surface area (Å²) in [6.45, 7) is 0.523. The molecule has 25 heavy (non-hydrogen) atoms. The van der Waals surface area contributed by atoms with Gasteiger partial charge in [-0.25, -0.2) is 4.79 Å². The summed E-state index contributed by atoms with van der Waals surface area (Å²) in [5.41, 5.74) is 1.05. The molecule has 3 aromatic rings. The number of oxazole rings is 1. The Kier molecular flexibility index (Phi) is 5.03. The molecule has 2 aromatic carbocycles. The number of aromatic nitrogens is 1. The van der Waals surface area contributed by atoms with E-state index in [0.29, 0.717) is 35.8 Å². The summed E-state index contributed by atoms with van der Waals surface area (Å²) < 4.78 is 17.1. The van der Waals surface area contributed by atoms with Crippen LogP contribution in [0.15, 0.2) is 57.7 Å². The summed E-state index contributed by atoms with van der Waals surface area (Å²) in [7, 11) is 1.58. The molecule has 1 N–H and O–H groups in total. The number of carbonyl (C=O) groups is 1. The molecule has 3 rings (SSSR count). The van der Waals surface area contributed by atoms with Gasteiger partial charge in [-0.05, 0) is 24.3 Å². The van der Waals surface area contributed by atoms with Gasteiger partial charge in [-0.3, -0.25) is 9.36 Å². The molecule has 7 heteroatoms. The highest BCUT2D eigenvalue weighted by Gasteiger charge is 2.11. The SMILES string of the molecule is COc1cccc(OCCNC(=O)Cn2c(=O)oc3ccccc32)c1. The second-order valence-corrected chi connectivity index (χ2v) is 5.30. The maximum Gasteiger partial charge on any atom is 0.420 e. The Morgan fingerprint density at radius 3 is 2.80 bits per heavy atom. The molecule has 0 aliphatic rings. The first-order valence-electron chi connectivity index (χ1n) is 7.79. The van der Waals surface area contributed by atoms with E-state index < -0.39 is 5.76 Å². The van der Waals surface area contributed by atoms with Crippen molar-refractivity contribution in [1.29, 1.82) is 0 Å². The molecule has 0 aliphatic heterocycles. The Balaban J connectivity index is 1.51. The van der Waals surface area contributed by atoms with Gasteiger partial charge in [0.15, 0.2) is 5.58 Å². The summed E-state index contributed by atoms with van der Waals surface area (Å²) >= 11 is 0. The molecule has 0 saturated heterocycles. The summed E-state index contributed by atoms with van der Waals surface area (Å²) in [5.74, 6) is 0.519. The summed E-state index contributed by atoms with van der Waals surface area (Å²) in [5, 5.41) is 2.72. The minimum absolute atomic E-state index is 0.102. The van der Waals surface area contributed by atoms with Crippen molar-refractivity contribution in [3.63, 3.8) is 0 Å². The monoisotopic (exact) mass is 342 g/mol. The number of methoxy groups -OCH3 is 1. The summed E-state index contributed by atoms with van der Waals surface area (Å²) in [6.07, 6.45) is 0. The van der Waals surface area contributed by atoms with Crippen molar-refractivity contribution in [2.75, 3.05) is 20.3 Å². The zero-order valence-corrected chi connectivity index (χ0v) is 13.7. The minimum atomic E-state index is -0.552. The van der Waals surface area contributed by atoms with E-state index in [1.54, 1.807) is 37.4 Å². The van der Waals surface area contributed by atoms with E-state index in [-0.39, 0.29) is 12.5 Å². The molecule has 1 heterocycles. The number of fused-ring (bicyclic) bond motifs is 1. The van der Waals surface area contributed by atoms with Crippen LogP contribution < -0.4 is 20.5 Å². The van der Waals surface area contributed by atoms with Gasteiger partial charge in [0.1, 0.15) is 24.7 Å². The van der Waals surface area contributed by atoms with Crippen LogP contribution in [-0.2, 0) is 11.3 Å². The summed E-state index contributed by atoms with van der Waals surface area (Å²) in [4.78, 5) is 23.9. The Bertz CT molecular complexity index is 928. The van der Waals surface area contributed by atoms with Crippen molar-refractivity contribution in [1.82, 2.24) is 9.88 Å². The lowest BCUT2D eigenvalue weighted by Gasteiger charge is -2.09. The van der Waals surface area contributed by atoms with E-state index in [9.17, 15) is 9.59 Å². The molecule has 0 saturated carbocycles. The predicted molar refractivity (Wildman–Crippen MR) is 92.0 cm³/mol. The standard InChI is InChI=1S/C18H18N2O5/c1-23-13-5-4-6-14(11-13)24-10-9-19-17(21)12-20-15-7-2-3-8-16(15)25-18(20)22/h2-8,11H,9-10,12H2,1H3,(H,19,21). The smallest absolute Gasteiger partial charge is 0.420 e. The van der Waals surface area contributed by atoms with Crippen molar-refractivity contribution >= 4 is 17.0 Å². The molecule has 0 fully saturated rings. The van der Waals surface area contributed by atoms with Gasteiger partial charge in [0.05, 0.1) is 19.2 Å². The highest BCUT2D eigenvalue weighted by Crippen LogP contribution is 2.18. The third-order valence-electron chi connectivity index (χ3n) is 3.61. The molecule has 0 radical (unpaired) electrons. The fraction of sp³-hybridized carbons (Fsp3) is 0.222. The van der Waals surface area contributed by atoms with Crippen LogP contribution in [0.5, 0.6) is 11.5 Å². The number of hydrogen-bond donors (Lipinski definition) is 1. The Morgan fingerprint density at radius 2 is 1.96 bits per heavy atom. The molecule has 0 unspecified atom stereocenters. The van der Waals surface area contributed by atoms with Crippen molar-refractivity contribution in [2.45, 2.75) is 6.54 Å². The fourth-order valence-corrected chi connectivity index (χ4v) is 2.41. The molecular weight excluding hydrogens is 324 g/mol. The zero-order valence-electron chi connectivity index (χ0n) is 13.7. The largest absolute Gasteiger partial charge is 0.497 e. The first-order valence-corrected chi connectivity index (χ1v) is 7.79.